The highest BCUT2D eigenvalue weighted by molar-refractivity contribution is 8.13. The maximum absolute atomic E-state index is 11.7. The Kier molecular flexibility index (Phi) is 3.35. The molecule has 1 aromatic heterocycles. The van der Waals surface area contributed by atoms with Gasteiger partial charge < -0.3 is 5.32 Å². The molecule has 2 heterocycles. The number of nitrogens with one attached hydrogen (secondary N) is 1. The minimum absolute atomic E-state index is 0.295. The molecule has 0 saturated heterocycles. The van der Waals surface area contributed by atoms with E-state index in [9.17, 15) is 8.42 Å². The normalized spacial score (nSPS) is 13.8. The zero-order valence-corrected chi connectivity index (χ0v) is 13.3. The number of sulfone groups is 1. The molecule has 0 amide bonds. The average molecular weight is 324 g/mol. The van der Waals surface area contributed by atoms with E-state index in [1.54, 1.807) is 41.3 Å². The van der Waals surface area contributed by atoms with Crippen LogP contribution in [0.4, 0.5) is 17.1 Å². The lowest BCUT2D eigenvalue weighted by atomic mass is 10.2. The second-order valence-electron chi connectivity index (χ2n) is 4.40. The highest BCUT2D eigenvalue weighted by Gasteiger charge is 2.18. The van der Waals surface area contributed by atoms with Crippen molar-refractivity contribution in [1.29, 1.82) is 0 Å². The third-order valence-corrected chi connectivity index (χ3v) is 5.52. The van der Waals surface area contributed by atoms with Crippen molar-refractivity contribution in [3.05, 3.63) is 34.5 Å². The van der Waals surface area contributed by atoms with Crippen molar-refractivity contribution in [2.24, 2.45) is 4.99 Å². The van der Waals surface area contributed by atoms with Gasteiger partial charge in [-0.2, -0.15) is 0 Å². The molecule has 20 heavy (non-hydrogen) atoms. The van der Waals surface area contributed by atoms with Crippen LogP contribution in [-0.2, 0) is 9.84 Å². The first-order valence-electron chi connectivity index (χ1n) is 5.79. The second kappa shape index (κ2) is 4.91. The van der Waals surface area contributed by atoms with Gasteiger partial charge in [-0.1, -0.05) is 0 Å². The number of fused-ring (bicyclic) bond motifs is 2. The summed E-state index contributed by atoms with van der Waals surface area (Å²) in [7, 11) is -3.22. The van der Waals surface area contributed by atoms with E-state index in [0.717, 1.165) is 27.7 Å². The lowest BCUT2D eigenvalue weighted by Crippen LogP contribution is -1.98. The van der Waals surface area contributed by atoms with Crippen LogP contribution in [0, 0.1) is 0 Å². The second-order valence-corrected chi connectivity index (χ2v) is 7.95. The van der Waals surface area contributed by atoms with Crippen LogP contribution in [0.15, 0.2) is 38.8 Å². The number of nitrogens with zero attached hydrogens (tertiary/aromatic N) is 1. The van der Waals surface area contributed by atoms with Crippen LogP contribution in [-0.4, -0.2) is 26.0 Å². The molecule has 0 radical (unpaired) electrons. The van der Waals surface area contributed by atoms with Crippen LogP contribution in [0.5, 0.6) is 0 Å². The minimum Gasteiger partial charge on any atom is -0.352 e. The van der Waals surface area contributed by atoms with Crippen LogP contribution in [0.2, 0.25) is 0 Å². The fourth-order valence-corrected chi connectivity index (χ4v) is 4.04. The van der Waals surface area contributed by atoms with Gasteiger partial charge in [-0.3, -0.25) is 0 Å². The summed E-state index contributed by atoms with van der Waals surface area (Å²) >= 11 is 3.17. The first-order chi connectivity index (χ1) is 9.49. The Morgan fingerprint density at radius 3 is 2.75 bits per heavy atom. The molecule has 0 atom stereocenters. The summed E-state index contributed by atoms with van der Waals surface area (Å²) in [6.07, 6.45) is 3.19. The molecule has 104 valence electrons. The van der Waals surface area contributed by atoms with Gasteiger partial charge in [0, 0.05) is 22.6 Å². The summed E-state index contributed by atoms with van der Waals surface area (Å²) in [4.78, 5) is 4.92. The predicted molar refractivity (Wildman–Crippen MR) is 86.9 cm³/mol. The summed E-state index contributed by atoms with van der Waals surface area (Å²) in [5, 5.41) is 8.25. The fraction of sp³-hybridized carbons (Fsp3) is 0.154. The Balaban J connectivity index is 2.20. The number of aliphatic imine (C=N–C) groups is 1. The molecule has 1 aliphatic rings. The molecule has 4 nitrogen and oxygen atoms in total. The quantitative estimate of drug-likeness (QED) is 0.870. The molecule has 0 bridgehead atoms. The van der Waals surface area contributed by atoms with Crippen molar-refractivity contribution in [2.75, 3.05) is 17.8 Å². The van der Waals surface area contributed by atoms with Gasteiger partial charge >= 0.3 is 0 Å². The van der Waals surface area contributed by atoms with Crippen molar-refractivity contribution < 1.29 is 8.42 Å². The highest BCUT2D eigenvalue weighted by Crippen LogP contribution is 2.38. The molecule has 3 rings (SSSR count). The van der Waals surface area contributed by atoms with Crippen molar-refractivity contribution >= 4 is 55.0 Å². The van der Waals surface area contributed by atoms with Gasteiger partial charge in [0.2, 0.25) is 0 Å². The van der Waals surface area contributed by atoms with Gasteiger partial charge in [0.1, 0.15) is 5.04 Å². The number of anilines is 2. The summed E-state index contributed by atoms with van der Waals surface area (Å²) in [6.45, 7) is 0. The van der Waals surface area contributed by atoms with Gasteiger partial charge in [-0.25, -0.2) is 13.4 Å². The van der Waals surface area contributed by atoms with E-state index in [1.807, 2.05) is 17.0 Å². The number of hydrogen-bond donors (Lipinski definition) is 1. The van der Waals surface area contributed by atoms with Crippen LogP contribution >= 0.6 is 23.1 Å². The first-order valence-corrected chi connectivity index (χ1v) is 9.85. The zero-order chi connectivity index (χ0) is 14.3. The van der Waals surface area contributed by atoms with Crippen LogP contribution < -0.4 is 5.32 Å². The maximum Gasteiger partial charge on any atom is 0.175 e. The third-order valence-electron chi connectivity index (χ3n) is 2.97. The predicted octanol–water partition coefficient (Wildman–Crippen LogP) is 3.65. The topological polar surface area (TPSA) is 58.5 Å². The van der Waals surface area contributed by atoms with E-state index in [-0.39, 0.29) is 0 Å². The largest absolute Gasteiger partial charge is 0.352 e. The summed E-state index contributed by atoms with van der Waals surface area (Å²) in [5.74, 6) is 0. The van der Waals surface area contributed by atoms with Gasteiger partial charge in [-0.15, -0.1) is 23.1 Å². The minimum atomic E-state index is -3.22. The van der Waals surface area contributed by atoms with Gasteiger partial charge in [0.25, 0.3) is 0 Å². The summed E-state index contributed by atoms with van der Waals surface area (Å²) in [6, 6.07) is 4.97. The molecule has 0 aliphatic carbocycles. The van der Waals surface area contributed by atoms with Gasteiger partial charge in [-0.05, 0) is 24.5 Å². The Hall–Kier alpha value is -1.31. The van der Waals surface area contributed by atoms with E-state index in [0.29, 0.717) is 4.90 Å². The maximum atomic E-state index is 11.7. The Labute approximate surface area is 125 Å². The Morgan fingerprint density at radius 1 is 1.25 bits per heavy atom. The third kappa shape index (κ3) is 2.36. The lowest BCUT2D eigenvalue weighted by molar-refractivity contribution is 0.602. The number of hydrogen-bond acceptors (Lipinski definition) is 6. The van der Waals surface area contributed by atoms with Crippen LogP contribution in [0.25, 0.3) is 0 Å². The molecule has 1 N–H and O–H groups in total. The van der Waals surface area contributed by atoms with Crippen molar-refractivity contribution in [3.63, 3.8) is 0 Å². The molecule has 0 spiro atoms. The van der Waals surface area contributed by atoms with E-state index in [1.165, 1.54) is 6.26 Å². The molecule has 0 unspecified atom stereocenters. The first kappa shape index (κ1) is 13.7. The number of thiophene rings is 1. The van der Waals surface area contributed by atoms with Crippen LogP contribution in [0.3, 0.4) is 0 Å². The molecular formula is C13H12N2O2S3. The highest BCUT2D eigenvalue weighted by atomic mass is 32.2. The Morgan fingerprint density at radius 2 is 2.05 bits per heavy atom. The van der Waals surface area contributed by atoms with Gasteiger partial charge in [0.15, 0.2) is 9.84 Å². The molecule has 0 fully saturated rings. The monoisotopic (exact) mass is 324 g/mol. The Bertz CT molecular complexity index is 807. The molecular weight excluding hydrogens is 312 g/mol. The molecule has 2 aromatic rings. The number of benzene rings is 1. The zero-order valence-electron chi connectivity index (χ0n) is 10.9. The van der Waals surface area contributed by atoms with Crippen LogP contribution in [0.1, 0.15) is 5.56 Å². The van der Waals surface area contributed by atoms with Crippen molar-refractivity contribution in [3.8, 4) is 0 Å². The van der Waals surface area contributed by atoms with E-state index < -0.39 is 9.84 Å². The SMILES string of the molecule is CSC1=Nc2ccc(S(C)(=O)=O)cc2Nc2cscc21. The number of thioether (sulfide) groups is 1. The van der Waals surface area contributed by atoms with Crippen molar-refractivity contribution in [2.45, 2.75) is 4.90 Å². The van der Waals surface area contributed by atoms with Gasteiger partial charge in [0.05, 0.1) is 22.0 Å². The standard InChI is InChI=1S/C13H12N2O2S3/c1-18-13-9-6-19-7-12(9)14-11-5-8(20(2,16)17)3-4-10(11)15-13/h3-7,14H,1-2H3. The summed E-state index contributed by atoms with van der Waals surface area (Å²) < 4.78 is 23.3. The number of rotatable bonds is 1. The fourth-order valence-electron chi connectivity index (χ4n) is 1.97. The van der Waals surface area contributed by atoms with E-state index >= 15 is 0 Å². The van der Waals surface area contributed by atoms with E-state index in [4.69, 9.17) is 0 Å². The van der Waals surface area contributed by atoms with E-state index in [2.05, 4.69) is 10.3 Å². The molecule has 0 saturated carbocycles. The molecule has 1 aromatic carbocycles. The smallest absolute Gasteiger partial charge is 0.175 e. The molecule has 7 heteroatoms. The average Bonchev–Trinajstić information content (AvgIpc) is 2.78. The van der Waals surface area contributed by atoms with Crippen molar-refractivity contribution in [1.82, 2.24) is 0 Å². The lowest BCUT2D eigenvalue weighted by Gasteiger charge is -2.08. The molecule has 1 aliphatic heterocycles. The summed E-state index contributed by atoms with van der Waals surface area (Å²) in [5.41, 5.74) is 3.49.